The van der Waals surface area contributed by atoms with Crippen LogP contribution in [-0.2, 0) is 4.74 Å². The van der Waals surface area contributed by atoms with E-state index >= 15 is 0 Å². The lowest BCUT2D eigenvalue weighted by Crippen LogP contribution is -2.29. The van der Waals surface area contributed by atoms with E-state index in [0.29, 0.717) is 18.1 Å². The third kappa shape index (κ3) is 2.64. The van der Waals surface area contributed by atoms with Gasteiger partial charge in [0.25, 0.3) is 5.91 Å². The summed E-state index contributed by atoms with van der Waals surface area (Å²) in [5, 5.41) is 9.36. The molecule has 0 spiro atoms. The van der Waals surface area contributed by atoms with Gasteiger partial charge in [-0.3, -0.25) is 4.79 Å². The van der Waals surface area contributed by atoms with Gasteiger partial charge in [0, 0.05) is 31.7 Å². The van der Waals surface area contributed by atoms with Crippen LogP contribution in [0.3, 0.4) is 0 Å². The van der Waals surface area contributed by atoms with Gasteiger partial charge in [0.2, 0.25) is 0 Å². The quantitative estimate of drug-likeness (QED) is 0.888. The van der Waals surface area contributed by atoms with Crippen LogP contribution in [0.2, 0.25) is 0 Å². The molecule has 1 aliphatic rings. The maximum absolute atomic E-state index is 12.3. The molecule has 0 aromatic heterocycles. The summed E-state index contributed by atoms with van der Waals surface area (Å²) in [5.41, 5.74) is 1.49. The van der Waals surface area contributed by atoms with Crippen LogP contribution in [0.4, 0.5) is 0 Å². The van der Waals surface area contributed by atoms with Crippen molar-refractivity contribution in [3.05, 3.63) is 29.3 Å². The Labute approximate surface area is 107 Å². The van der Waals surface area contributed by atoms with E-state index in [1.165, 1.54) is 0 Å². The molecule has 1 aromatic rings. The lowest BCUT2D eigenvalue weighted by Gasteiger charge is -2.17. The Balaban J connectivity index is 2.08. The van der Waals surface area contributed by atoms with Gasteiger partial charge in [-0.1, -0.05) is 0 Å². The zero-order valence-corrected chi connectivity index (χ0v) is 10.8. The fourth-order valence-electron chi connectivity index (χ4n) is 2.45. The van der Waals surface area contributed by atoms with Crippen molar-refractivity contribution in [2.24, 2.45) is 5.92 Å². The molecule has 0 aliphatic carbocycles. The molecular formula is C14H19NO3. The van der Waals surface area contributed by atoms with Crippen LogP contribution in [0.5, 0.6) is 5.75 Å². The average Bonchev–Trinajstić information content (AvgIpc) is 2.77. The van der Waals surface area contributed by atoms with E-state index < -0.39 is 0 Å². The van der Waals surface area contributed by atoms with Crippen LogP contribution in [0.15, 0.2) is 18.2 Å². The third-order valence-electron chi connectivity index (χ3n) is 3.42. The number of hydrogen-bond acceptors (Lipinski definition) is 3. The van der Waals surface area contributed by atoms with Crippen molar-refractivity contribution >= 4 is 5.91 Å². The van der Waals surface area contributed by atoms with E-state index in [4.69, 9.17) is 4.74 Å². The van der Waals surface area contributed by atoms with E-state index in [1.807, 2.05) is 11.8 Å². The number of aryl methyl sites for hydroxylation is 1. The summed E-state index contributed by atoms with van der Waals surface area (Å²) in [5.74, 6) is 0.685. The largest absolute Gasteiger partial charge is 0.508 e. The summed E-state index contributed by atoms with van der Waals surface area (Å²) in [4.78, 5) is 14.2. The second kappa shape index (κ2) is 5.40. The fraction of sp³-hybridized carbons (Fsp3) is 0.500. The zero-order valence-electron chi connectivity index (χ0n) is 10.8. The minimum Gasteiger partial charge on any atom is -0.508 e. The molecule has 0 radical (unpaired) electrons. The van der Waals surface area contributed by atoms with Gasteiger partial charge in [0.15, 0.2) is 0 Å². The summed E-state index contributed by atoms with van der Waals surface area (Å²) < 4.78 is 5.13. The molecule has 1 fully saturated rings. The van der Waals surface area contributed by atoms with E-state index in [2.05, 4.69) is 0 Å². The van der Waals surface area contributed by atoms with Crippen molar-refractivity contribution < 1.29 is 14.6 Å². The predicted molar refractivity (Wildman–Crippen MR) is 68.7 cm³/mol. The number of nitrogens with zero attached hydrogens (tertiary/aromatic N) is 1. The van der Waals surface area contributed by atoms with Crippen molar-refractivity contribution in [1.82, 2.24) is 4.90 Å². The van der Waals surface area contributed by atoms with Gasteiger partial charge < -0.3 is 14.7 Å². The van der Waals surface area contributed by atoms with Gasteiger partial charge in [0.05, 0.1) is 6.61 Å². The molecule has 4 nitrogen and oxygen atoms in total. The summed E-state index contributed by atoms with van der Waals surface area (Å²) >= 11 is 0. The maximum atomic E-state index is 12.3. The van der Waals surface area contributed by atoms with E-state index in [-0.39, 0.29) is 11.7 Å². The van der Waals surface area contributed by atoms with Crippen molar-refractivity contribution in [3.8, 4) is 5.75 Å². The number of methoxy groups -OCH3 is 1. The number of carbonyl (C=O) groups is 1. The maximum Gasteiger partial charge on any atom is 0.254 e. The van der Waals surface area contributed by atoms with Crippen LogP contribution >= 0.6 is 0 Å². The molecule has 1 atom stereocenters. The lowest BCUT2D eigenvalue weighted by atomic mass is 10.1. The molecule has 1 unspecified atom stereocenters. The van der Waals surface area contributed by atoms with Gasteiger partial charge >= 0.3 is 0 Å². The predicted octanol–water partition coefficient (Wildman–Crippen LogP) is 1.81. The third-order valence-corrected chi connectivity index (χ3v) is 3.42. The number of ether oxygens (including phenoxy) is 1. The van der Waals surface area contributed by atoms with E-state index in [0.717, 1.165) is 25.1 Å². The van der Waals surface area contributed by atoms with E-state index in [9.17, 15) is 9.90 Å². The number of hydrogen-bond donors (Lipinski definition) is 1. The van der Waals surface area contributed by atoms with Gasteiger partial charge in [-0.05, 0) is 37.1 Å². The summed E-state index contributed by atoms with van der Waals surface area (Å²) in [6.07, 6.45) is 0.997. The highest BCUT2D eigenvalue weighted by Crippen LogP contribution is 2.22. The summed E-state index contributed by atoms with van der Waals surface area (Å²) in [6, 6.07) is 4.87. The Morgan fingerprint density at radius 2 is 2.33 bits per heavy atom. The molecule has 98 valence electrons. The molecule has 1 aliphatic heterocycles. The van der Waals surface area contributed by atoms with Crippen molar-refractivity contribution in [2.45, 2.75) is 13.3 Å². The summed E-state index contributed by atoms with van der Waals surface area (Å²) in [7, 11) is 1.69. The normalized spacial score (nSPS) is 19.2. The smallest absolute Gasteiger partial charge is 0.254 e. The number of phenolic OH excluding ortho intramolecular Hbond substituents is 1. The second-order valence-corrected chi connectivity index (χ2v) is 4.86. The first kappa shape index (κ1) is 12.9. The molecule has 4 heteroatoms. The highest BCUT2D eigenvalue weighted by molar-refractivity contribution is 5.96. The molecule has 1 amide bonds. The first-order valence-electron chi connectivity index (χ1n) is 6.19. The Kier molecular flexibility index (Phi) is 3.87. The molecule has 2 rings (SSSR count). The molecule has 1 saturated heterocycles. The molecule has 18 heavy (non-hydrogen) atoms. The Morgan fingerprint density at radius 3 is 3.00 bits per heavy atom. The number of amides is 1. The number of benzene rings is 1. The Morgan fingerprint density at radius 1 is 1.56 bits per heavy atom. The van der Waals surface area contributed by atoms with Gasteiger partial charge in [-0.25, -0.2) is 0 Å². The molecule has 1 N–H and O–H groups in total. The van der Waals surface area contributed by atoms with Crippen LogP contribution in [0.1, 0.15) is 22.3 Å². The minimum atomic E-state index is 0.0473. The molecule has 1 aromatic carbocycles. The highest BCUT2D eigenvalue weighted by Gasteiger charge is 2.27. The Hall–Kier alpha value is -1.55. The first-order valence-corrected chi connectivity index (χ1v) is 6.19. The van der Waals surface area contributed by atoms with Gasteiger partial charge in [-0.15, -0.1) is 0 Å². The fourth-order valence-corrected chi connectivity index (χ4v) is 2.45. The lowest BCUT2D eigenvalue weighted by molar-refractivity contribution is 0.0775. The van der Waals surface area contributed by atoms with E-state index in [1.54, 1.807) is 25.3 Å². The van der Waals surface area contributed by atoms with Crippen molar-refractivity contribution in [3.63, 3.8) is 0 Å². The summed E-state index contributed by atoms with van der Waals surface area (Å²) in [6.45, 7) is 4.09. The number of likely N-dealkylation sites (tertiary alicyclic amines) is 1. The topological polar surface area (TPSA) is 49.8 Å². The minimum absolute atomic E-state index is 0.0473. The Bertz CT molecular complexity index is 445. The highest BCUT2D eigenvalue weighted by atomic mass is 16.5. The standard InChI is InChI=1S/C14H19NO3/c1-10-7-12(16)3-4-13(10)14(17)15-6-5-11(8-15)9-18-2/h3-4,7,11,16H,5-6,8-9H2,1-2H3. The molecular weight excluding hydrogens is 230 g/mol. The second-order valence-electron chi connectivity index (χ2n) is 4.86. The first-order chi connectivity index (χ1) is 8.61. The average molecular weight is 249 g/mol. The van der Waals surface area contributed by atoms with Crippen molar-refractivity contribution in [2.75, 3.05) is 26.8 Å². The zero-order chi connectivity index (χ0) is 13.1. The number of carbonyl (C=O) groups excluding carboxylic acids is 1. The molecule has 0 bridgehead atoms. The molecule has 0 saturated carbocycles. The number of aromatic hydroxyl groups is 1. The van der Waals surface area contributed by atoms with Gasteiger partial charge in [-0.2, -0.15) is 0 Å². The molecule has 1 heterocycles. The van der Waals surface area contributed by atoms with Crippen LogP contribution < -0.4 is 0 Å². The SMILES string of the molecule is COCC1CCN(C(=O)c2ccc(O)cc2C)C1. The van der Waals surface area contributed by atoms with Crippen LogP contribution in [0.25, 0.3) is 0 Å². The van der Waals surface area contributed by atoms with Crippen LogP contribution in [0, 0.1) is 12.8 Å². The number of rotatable bonds is 3. The van der Waals surface area contributed by atoms with Gasteiger partial charge in [0.1, 0.15) is 5.75 Å². The van der Waals surface area contributed by atoms with Crippen molar-refractivity contribution in [1.29, 1.82) is 0 Å². The van der Waals surface area contributed by atoms with Crippen LogP contribution in [-0.4, -0.2) is 42.7 Å². The number of phenols is 1. The monoisotopic (exact) mass is 249 g/mol.